The number of carbonyl (C=O) groups is 1. The highest BCUT2D eigenvalue weighted by Gasteiger charge is 2.28. The molecular formula is C25H24BrClF2N4O4. The fourth-order valence-electron chi connectivity index (χ4n) is 3.96. The first-order valence-corrected chi connectivity index (χ1v) is 12.9. The van der Waals surface area contributed by atoms with Crippen molar-refractivity contribution in [3.63, 3.8) is 0 Å². The van der Waals surface area contributed by atoms with Gasteiger partial charge in [-0.15, -0.1) is 0 Å². The lowest BCUT2D eigenvalue weighted by Crippen LogP contribution is -2.43. The van der Waals surface area contributed by atoms with E-state index in [4.69, 9.17) is 21.1 Å². The van der Waals surface area contributed by atoms with Crippen LogP contribution >= 0.6 is 27.5 Å². The summed E-state index contributed by atoms with van der Waals surface area (Å²) in [5, 5.41) is 12.9. The number of aliphatic hydroxyl groups is 1. The zero-order valence-electron chi connectivity index (χ0n) is 19.8. The van der Waals surface area contributed by atoms with Crippen molar-refractivity contribution < 1.29 is 28.2 Å². The van der Waals surface area contributed by atoms with Gasteiger partial charge in [0, 0.05) is 48.3 Å². The van der Waals surface area contributed by atoms with Crippen LogP contribution in [0.5, 0.6) is 11.5 Å². The molecule has 1 unspecified atom stereocenters. The molecule has 0 radical (unpaired) electrons. The number of hydrogen-bond donors (Lipinski definition) is 2. The van der Waals surface area contributed by atoms with Crippen LogP contribution in [0.2, 0.25) is 5.02 Å². The first-order valence-electron chi connectivity index (χ1n) is 11.4. The van der Waals surface area contributed by atoms with E-state index >= 15 is 0 Å². The number of halogens is 4. The second kappa shape index (κ2) is 11.6. The molecule has 37 heavy (non-hydrogen) atoms. The summed E-state index contributed by atoms with van der Waals surface area (Å²) in [6, 6.07) is 5.65. The number of aromatic nitrogens is 2. The number of hydrogen-bond acceptors (Lipinski definition) is 7. The summed E-state index contributed by atoms with van der Waals surface area (Å²) in [5.74, 6) is -0.951. The van der Waals surface area contributed by atoms with Gasteiger partial charge in [-0.2, -0.15) is 0 Å². The van der Waals surface area contributed by atoms with Gasteiger partial charge in [-0.05, 0) is 18.2 Å². The van der Waals surface area contributed by atoms with Crippen LogP contribution in [0.3, 0.4) is 0 Å². The number of carbonyl (C=O) groups excluding carboxylic acids is 1. The van der Waals surface area contributed by atoms with Crippen molar-refractivity contribution in [1.82, 2.24) is 14.9 Å². The molecule has 0 saturated carbocycles. The number of piperidine rings is 1. The average molecular weight is 598 g/mol. The molecule has 4 rings (SSSR count). The number of nitrogens with one attached hydrogen (secondary N) is 1. The van der Waals surface area contributed by atoms with Crippen molar-refractivity contribution in [2.45, 2.75) is 25.0 Å². The normalized spacial score (nSPS) is 14.9. The van der Waals surface area contributed by atoms with Crippen LogP contribution in [-0.2, 0) is 4.79 Å². The third-order valence-corrected chi connectivity index (χ3v) is 7.01. The van der Waals surface area contributed by atoms with Crippen LogP contribution in [0.4, 0.5) is 20.3 Å². The van der Waals surface area contributed by atoms with Gasteiger partial charge in [0.25, 0.3) is 5.91 Å². The summed E-state index contributed by atoms with van der Waals surface area (Å²) in [6.45, 7) is 4.58. The van der Waals surface area contributed by atoms with E-state index in [1.165, 1.54) is 19.5 Å². The third-order valence-electron chi connectivity index (χ3n) is 6.05. The van der Waals surface area contributed by atoms with E-state index in [2.05, 4.69) is 37.8 Å². The molecule has 196 valence electrons. The van der Waals surface area contributed by atoms with Gasteiger partial charge in [-0.25, -0.2) is 18.7 Å². The molecule has 2 N–H and O–H groups in total. The molecule has 0 bridgehead atoms. The SMILES string of the molecule is C=C(C(=O)N1CCC(Oc2cc3c(Nc4ccc(F)c(Cl)c4F)ncnc3cc2OC)CC1)C(O)CBr. The Kier molecular flexibility index (Phi) is 8.46. The van der Waals surface area contributed by atoms with Crippen molar-refractivity contribution in [3.05, 3.63) is 59.4 Å². The van der Waals surface area contributed by atoms with Gasteiger partial charge in [0.05, 0.1) is 24.4 Å². The van der Waals surface area contributed by atoms with Gasteiger partial charge in [-0.1, -0.05) is 34.1 Å². The number of fused-ring (bicyclic) bond motifs is 1. The molecule has 1 aliphatic heterocycles. The second-order valence-corrected chi connectivity index (χ2v) is 9.42. The molecule has 1 amide bonds. The van der Waals surface area contributed by atoms with Crippen LogP contribution in [0.1, 0.15) is 12.8 Å². The summed E-state index contributed by atoms with van der Waals surface area (Å²) in [6.07, 6.45) is 1.27. The molecule has 0 aliphatic carbocycles. The molecule has 12 heteroatoms. The number of likely N-dealkylation sites (tertiary alicyclic amines) is 1. The number of aliphatic hydroxyl groups excluding tert-OH is 1. The van der Waals surface area contributed by atoms with Gasteiger partial charge >= 0.3 is 0 Å². The lowest BCUT2D eigenvalue weighted by Gasteiger charge is -2.33. The minimum Gasteiger partial charge on any atom is -0.493 e. The Balaban J connectivity index is 1.54. The predicted molar refractivity (Wildman–Crippen MR) is 140 cm³/mol. The quantitative estimate of drug-likeness (QED) is 0.214. The monoisotopic (exact) mass is 596 g/mol. The van der Waals surface area contributed by atoms with Gasteiger partial charge in [0.1, 0.15) is 29.1 Å². The van der Waals surface area contributed by atoms with Crippen molar-refractivity contribution in [1.29, 1.82) is 0 Å². The maximum atomic E-state index is 14.5. The van der Waals surface area contributed by atoms with Gasteiger partial charge in [0.2, 0.25) is 0 Å². The van der Waals surface area contributed by atoms with Gasteiger partial charge in [0.15, 0.2) is 17.3 Å². The predicted octanol–water partition coefficient (Wildman–Crippen LogP) is 5.00. The zero-order valence-corrected chi connectivity index (χ0v) is 22.2. The smallest absolute Gasteiger partial charge is 0.251 e. The molecule has 1 fully saturated rings. The molecule has 1 saturated heterocycles. The summed E-state index contributed by atoms with van der Waals surface area (Å²) < 4.78 is 39.8. The number of methoxy groups -OCH3 is 1. The number of rotatable bonds is 8. The van der Waals surface area contributed by atoms with E-state index < -0.39 is 22.8 Å². The van der Waals surface area contributed by atoms with Crippen LogP contribution in [0.15, 0.2) is 42.7 Å². The van der Waals surface area contributed by atoms with Crippen LogP contribution < -0.4 is 14.8 Å². The lowest BCUT2D eigenvalue weighted by molar-refractivity contribution is -0.129. The molecule has 2 heterocycles. The minimum atomic E-state index is -0.939. The Morgan fingerprint density at radius 1 is 1.30 bits per heavy atom. The van der Waals surface area contributed by atoms with Gasteiger partial charge < -0.3 is 24.8 Å². The van der Waals surface area contributed by atoms with E-state index in [9.17, 15) is 18.7 Å². The fourth-order valence-corrected chi connectivity index (χ4v) is 4.52. The summed E-state index contributed by atoms with van der Waals surface area (Å²) in [7, 11) is 1.51. The lowest BCUT2D eigenvalue weighted by atomic mass is 10.1. The number of nitrogens with zero attached hydrogens (tertiary/aromatic N) is 3. The Morgan fingerprint density at radius 2 is 2.03 bits per heavy atom. The Labute approximate surface area is 225 Å². The van der Waals surface area contributed by atoms with Crippen LogP contribution in [-0.4, -0.2) is 63.6 Å². The summed E-state index contributed by atoms with van der Waals surface area (Å²) >= 11 is 8.86. The number of amides is 1. The van der Waals surface area contributed by atoms with Crippen LogP contribution in [0.25, 0.3) is 10.9 Å². The molecule has 1 aliphatic rings. The minimum absolute atomic E-state index is 0.0478. The molecule has 1 atom stereocenters. The first-order chi connectivity index (χ1) is 17.7. The van der Waals surface area contributed by atoms with E-state index in [0.29, 0.717) is 48.3 Å². The Bertz CT molecular complexity index is 1340. The van der Waals surface area contributed by atoms with Crippen molar-refractivity contribution >= 4 is 55.8 Å². The molecule has 2 aromatic carbocycles. The molecule has 0 spiro atoms. The summed E-state index contributed by atoms with van der Waals surface area (Å²) in [5.41, 5.74) is 0.610. The maximum absolute atomic E-state index is 14.5. The third kappa shape index (κ3) is 5.78. The molecule has 3 aromatic rings. The second-order valence-electron chi connectivity index (χ2n) is 8.40. The maximum Gasteiger partial charge on any atom is 0.251 e. The first kappa shape index (κ1) is 27.0. The topological polar surface area (TPSA) is 96.8 Å². The number of ether oxygens (including phenoxy) is 2. The average Bonchev–Trinajstić information content (AvgIpc) is 2.92. The van der Waals surface area contributed by atoms with E-state index in [1.807, 2.05) is 0 Å². The summed E-state index contributed by atoms with van der Waals surface area (Å²) in [4.78, 5) is 22.7. The van der Waals surface area contributed by atoms with Crippen molar-refractivity contribution in [2.75, 3.05) is 30.8 Å². The standard InChI is InChI=1S/C25H24BrClF2N4O4/c1-13(19(34)11-26)25(35)33-7-5-14(6-8-33)37-21-9-15-18(10-20(21)36-2)30-12-31-24(15)32-17-4-3-16(28)22(27)23(17)29/h3-4,9-10,12,14,19,34H,1,5-8,11H2,2H3,(H,30,31,32). The van der Waals surface area contributed by atoms with Crippen molar-refractivity contribution in [3.8, 4) is 11.5 Å². The fraction of sp³-hybridized carbons (Fsp3) is 0.320. The Hall–Kier alpha value is -3.02. The molecule has 1 aromatic heterocycles. The number of alkyl halides is 1. The van der Waals surface area contributed by atoms with Crippen molar-refractivity contribution in [2.24, 2.45) is 0 Å². The molecular weight excluding hydrogens is 574 g/mol. The Morgan fingerprint density at radius 3 is 2.70 bits per heavy atom. The van der Waals surface area contributed by atoms with E-state index in [-0.39, 0.29) is 34.4 Å². The highest BCUT2D eigenvalue weighted by atomic mass is 79.9. The zero-order chi connectivity index (χ0) is 26.7. The largest absolute Gasteiger partial charge is 0.493 e. The highest BCUT2D eigenvalue weighted by molar-refractivity contribution is 9.09. The highest BCUT2D eigenvalue weighted by Crippen LogP contribution is 2.37. The van der Waals surface area contributed by atoms with E-state index in [1.54, 1.807) is 17.0 Å². The van der Waals surface area contributed by atoms with Crippen LogP contribution in [0, 0.1) is 11.6 Å². The number of anilines is 2. The molecule has 8 nitrogen and oxygen atoms in total. The van der Waals surface area contributed by atoms with Gasteiger partial charge in [-0.3, -0.25) is 4.79 Å². The number of benzene rings is 2. The van der Waals surface area contributed by atoms with E-state index in [0.717, 1.165) is 6.07 Å².